The third kappa shape index (κ3) is 6.86. The molecule has 0 N–H and O–H groups in total. The summed E-state index contributed by atoms with van der Waals surface area (Å²) < 4.78 is 12.4. The van der Waals surface area contributed by atoms with E-state index >= 15 is 0 Å². The van der Waals surface area contributed by atoms with Crippen LogP contribution in [0.3, 0.4) is 0 Å². The molecule has 0 amide bonds. The molecule has 0 fully saturated rings. The van der Waals surface area contributed by atoms with Crippen LogP contribution in [0, 0.1) is 3.57 Å². The third-order valence-electron chi connectivity index (χ3n) is 1.94. The van der Waals surface area contributed by atoms with Crippen molar-refractivity contribution < 1.29 is 9.47 Å². The fourth-order valence-electron chi connectivity index (χ4n) is 1.19. The van der Waals surface area contributed by atoms with Crippen LogP contribution in [0.4, 0.5) is 0 Å². The van der Waals surface area contributed by atoms with E-state index in [9.17, 15) is 0 Å². The van der Waals surface area contributed by atoms with Crippen LogP contribution in [-0.4, -0.2) is 23.9 Å². The van der Waals surface area contributed by atoms with E-state index in [-0.39, 0.29) is 0 Å². The van der Waals surface area contributed by atoms with Gasteiger partial charge in [0.05, 0.1) is 13.2 Å². The molecule has 1 rings (SSSR count). The van der Waals surface area contributed by atoms with Crippen molar-refractivity contribution >= 4 is 54.5 Å². The fourth-order valence-corrected chi connectivity index (χ4v) is 2.26. The van der Waals surface area contributed by atoms with Gasteiger partial charge >= 0.3 is 0 Å². The number of halogens is 3. The molecule has 0 spiro atoms. The molecule has 1 aromatic rings. The Labute approximate surface area is 133 Å². The highest BCUT2D eigenvalue weighted by Crippen LogP contribution is 2.24. The van der Waals surface area contributed by atoms with Crippen LogP contribution in [0.15, 0.2) is 18.2 Å². The van der Waals surface area contributed by atoms with Gasteiger partial charge in [0.1, 0.15) is 11.5 Å². The minimum Gasteiger partial charge on any atom is -0.493 e. The van der Waals surface area contributed by atoms with E-state index in [0.29, 0.717) is 0 Å². The molecule has 96 valence electrons. The Morgan fingerprint density at radius 1 is 0.882 bits per heavy atom. The maximum atomic E-state index is 5.65. The topological polar surface area (TPSA) is 18.5 Å². The second-order valence-electron chi connectivity index (χ2n) is 3.40. The van der Waals surface area contributed by atoms with Crippen LogP contribution in [-0.2, 0) is 0 Å². The zero-order valence-electron chi connectivity index (χ0n) is 9.43. The fraction of sp³-hybridized carbons (Fsp3) is 0.500. The minimum absolute atomic E-state index is 0.728. The third-order valence-corrected chi connectivity index (χ3v) is 3.68. The molecule has 0 bridgehead atoms. The molecule has 0 unspecified atom stereocenters. The van der Waals surface area contributed by atoms with Crippen molar-refractivity contribution in [2.75, 3.05) is 23.9 Å². The van der Waals surface area contributed by atoms with Gasteiger partial charge in [-0.05, 0) is 47.6 Å². The number of hydrogen-bond acceptors (Lipinski definition) is 2. The molecule has 0 saturated carbocycles. The van der Waals surface area contributed by atoms with E-state index in [0.717, 1.165) is 51.8 Å². The van der Waals surface area contributed by atoms with Gasteiger partial charge in [-0.2, -0.15) is 0 Å². The molecule has 0 saturated heterocycles. The first kappa shape index (κ1) is 15.6. The number of rotatable bonds is 8. The standard InChI is InChI=1S/C12H15Br2IO2/c13-3-1-5-16-11-7-10(15)8-12(9-11)17-6-2-4-14/h7-9H,1-6H2. The molecule has 0 aliphatic rings. The average molecular weight is 478 g/mol. The molecule has 17 heavy (non-hydrogen) atoms. The highest BCUT2D eigenvalue weighted by atomic mass is 127. The molecule has 0 aliphatic carbocycles. The van der Waals surface area contributed by atoms with Crippen molar-refractivity contribution in [2.24, 2.45) is 0 Å². The lowest BCUT2D eigenvalue weighted by Crippen LogP contribution is -2.01. The predicted octanol–water partition coefficient (Wildman–Crippen LogP) is 4.62. The summed E-state index contributed by atoms with van der Waals surface area (Å²) in [6.45, 7) is 1.46. The van der Waals surface area contributed by atoms with E-state index < -0.39 is 0 Å². The molecule has 5 heteroatoms. The lowest BCUT2D eigenvalue weighted by Gasteiger charge is -2.10. The summed E-state index contributed by atoms with van der Waals surface area (Å²) in [5, 5.41) is 1.93. The quantitative estimate of drug-likeness (QED) is 0.309. The summed E-state index contributed by atoms with van der Waals surface area (Å²) in [5.41, 5.74) is 0. The van der Waals surface area contributed by atoms with Crippen molar-refractivity contribution in [3.8, 4) is 11.5 Å². The molecule has 0 radical (unpaired) electrons. The van der Waals surface area contributed by atoms with Crippen molar-refractivity contribution in [3.63, 3.8) is 0 Å². The summed E-state index contributed by atoms with van der Waals surface area (Å²) in [4.78, 5) is 0. The first-order valence-electron chi connectivity index (χ1n) is 5.44. The van der Waals surface area contributed by atoms with Crippen molar-refractivity contribution in [1.82, 2.24) is 0 Å². The van der Waals surface area contributed by atoms with E-state index in [1.54, 1.807) is 0 Å². The van der Waals surface area contributed by atoms with Crippen LogP contribution in [0.25, 0.3) is 0 Å². The number of ether oxygens (including phenoxy) is 2. The molecule has 0 aromatic heterocycles. The van der Waals surface area contributed by atoms with Gasteiger partial charge in [-0.1, -0.05) is 31.9 Å². The van der Waals surface area contributed by atoms with Gasteiger partial charge in [-0.15, -0.1) is 0 Å². The molecular weight excluding hydrogens is 463 g/mol. The van der Waals surface area contributed by atoms with Crippen molar-refractivity contribution in [1.29, 1.82) is 0 Å². The van der Waals surface area contributed by atoms with Gasteiger partial charge in [0.15, 0.2) is 0 Å². The Morgan fingerprint density at radius 2 is 1.35 bits per heavy atom. The molecule has 2 nitrogen and oxygen atoms in total. The molecule has 0 heterocycles. The summed E-state index contributed by atoms with van der Waals surface area (Å²) in [6.07, 6.45) is 2.01. The highest BCUT2D eigenvalue weighted by Gasteiger charge is 2.01. The van der Waals surface area contributed by atoms with Crippen LogP contribution in [0.1, 0.15) is 12.8 Å². The predicted molar refractivity (Wildman–Crippen MR) is 87.0 cm³/mol. The lowest BCUT2D eigenvalue weighted by molar-refractivity contribution is 0.303. The van der Waals surface area contributed by atoms with E-state index in [1.807, 2.05) is 18.2 Å². The smallest absolute Gasteiger partial charge is 0.124 e. The summed E-state index contributed by atoms with van der Waals surface area (Å²) in [7, 11) is 0. The van der Waals surface area contributed by atoms with Crippen molar-refractivity contribution in [3.05, 3.63) is 21.8 Å². The first-order valence-corrected chi connectivity index (χ1v) is 8.76. The molecular formula is C12H15Br2IO2. The van der Waals surface area contributed by atoms with Gasteiger partial charge in [0.2, 0.25) is 0 Å². The molecule has 0 atom stereocenters. The van der Waals surface area contributed by atoms with Crippen LogP contribution >= 0.6 is 54.5 Å². The minimum atomic E-state index is 0.728. The van der Waals surface area contributed by atoms with Gasteiger partial charge < -0.3 is 9.47 Å². The summed E-state index contributed by atoms with van der Waals surface area (Å²) in [6, 6.07) is 5.99. The number of hydrogen-bond donors (Lipinski definition) is 0. The second-order valence-corrected chi connectivity index (χ2v) is 6.24. The zero-order chi connectivity index (χ0) is 12.5. The maximum absolute atomic E-state index is 5.65. The first-order chi connectivity index (χ1) is 8.26. The van der Waals surface area contributed by atoms with Crippen molar-refractivity contribution in [2.45, 2.75) is 12.8 Å². The Balaban J connectivity index is 2.53. The van der Waals surface area contributed by atoms with E-state index in [4.69, 9.17) is 9.47 Å². The molecule has 0 aliphatic heterocycles. The molecule has 1 aromatic carbocycles. The second kappa shape index (κ2) is 9.44. The van der Waals surface area contributed by atoms with Crippen LogP contribution < -0.4 is 9.47 Å². The zero-order valence-corrected chi connectivity index (χ0v) is 14.8. The van der Waals surface area contributed by atoms with Gasteiger partial charge in [-0.3, -0.25) is 0 Å². The SMILES string of the molecule is BrCCCOc1cc(I)cc(OCCCBr)c1. The maximum Gasteiger partial charge on any atom is 0.124 e. The monoisotopic (exact) mass is 476 g/mol. The number of benzene rings is 1. The largest absolute Gasteiger partial charge is 0.493 e. The summed E-state index contributed by atoms with van der Waals surface area (Å²) >= 11 is 9.04. The van der Waals surface area contributed by atoms with Gasteiger partial charge in [0.25, 0.3) is 0 Å². The Bertz CT molecular complexity index is 306. The average Bonchev–Trinajstić information content (AvgIpc) is 2.29. The highest BCUT2D eigenvalue weighted by molar-refractivity contribution is 14.1. The van der Waals surface area contributed by atoms with E-state index in [2.05, 4.69) is 54.5 Å². The Kier molecular flexibility index (Phi) is 8.65. The van der Waals surface area contributed by atoms with Crippen LogP contribution in [0.2, 0.25) is 0 Å². The van der Waals surface area contributed by atoms with Crippen LogP contribution in [0.5, 0.6) is 11.5 Å². The van der Waals surface area contributed by atoms with Gasteiger partial charge in [-0.25, -0.2) is 0 Å². The Hall–Kier alpha value is 0.510. The van der Waals surface area contributed by atoms with Gasteiger partial charge in [0, 0.05) is 20.3 Å². The van der Waals surface area contributed by atoms with E-state index in [1.165, 1.54) is 0 Å². The Morgan fingerprint density at radius 3 is 1.76 bits per heavy atom. The normalized spacial score (nSPS) is 10.3. The lowest BCUT2D eigenvalue weighted by atomic mass is 10.3. The number of alkyl halides is 2. The summed E-state index contributed by atoms with van der Waals surface area (Å²) in [5.74, 6) is 1.76.